The summed E-state index contributed by atoms with van der Waals surface area (Å²) in [5.74, 6) is 0.809. The largest absolute Gasteiger partial charge is 0.496 e. The normalized spacial score (nSPS) is 10.4. The topological polar surface area (TPSA) is 26.3 Å². The van der Waals surface area contributed by atoms with Crippen molar-refractivity contribution in [3.63, 3.8) is 0 Å². The molecule has 0 atom stereocenters. The Morgan fingerprint density at radius 1 is 1.00 bits per heavy atom. The molecular weight excluding hydrogens is 272 g/mol. The van der Waals surface area contributed by atoms with Crippen molar-refractivity contribution in [2.45, 2.75) is 20.8 Å². The fourth-order valence-electron chi connectivity index (χ4n) is 2.40. The van der Waals surface area contributed by atoms with Gasteiger partial charge in [-0.05, 0) is 61.7 Å². The number of methoxy groups -OCH3 is 1. The van der Waals surface area contributed by atoms with Crippen LogP contribution in [-0.4, -0.2) is 12.9 Å². The summed E-state index contributed by atoms with van der Waals surface area (Å²) in [6.07, 6.45) is 0. The van der Waals surface area contributed by atoms with E-state index in [0.717, 1.165) is 22.4 Å². The van der Waals surface area contributed by atoms with Crippen LogP contribution in [0.3, 0.4) is 0 Å². The number of hydrogen-bond donors (Lipinski definition) is 0. The average molecular weight is 289 g/mol. The monoisotopic (exact) mass is 288 g/mol. The van der Waals surface area contributed by atoms with E-state index in [1.54, 1.807) is 19.2 Å². The summed E-state index contributed by atoms with van der Waals surface area (Å²) in [4.78, 5) is 12.6. The molecule has 0 amide bonds. The third-order valence-electron chi connectivity index (χ3n) is 3.37. The van der Waals surface area contributed by atoms with Crippen LogP contribution in [0.5, 0.6) is 5.75 Å². The second-order valence-electron chi connectivity index (χ2n) is 4.93. The summed E-state index contributed by atoms with van der Waals surface area (Å²) in [5.41, 5.74) is 4.13. The lowest BCUT2D eigenvalue weighted by molar-refractivity contribution is 0.103. The average Bonchev–Trinajstić information content (AvgIpc) is 2.40. The number of hydrogen-bond acceptors (Lipinski definition) is 2. The zero-order valence-electron chi connectivity index (χ0n) is 12.1. The number of ketones is 1. The molecule has 0 spiro atoms. The van der Waals surface area contributed by atoms with Crippen LogP contribution in [0.4, 0.5) is 0 Å². The first-order valence-electron chi connectivity index (χ1n) is 6.40. The Labute approximate surface area is 124 Å². The standard InChI is InChI=1S/C17H17ClO2/c1-10-5-6-14(18)9-15(10)16(19)13-7-11(2)17(20-4)12(3)8-13/h5-9H,1-4H3. The molecule has 0 heterocycles. The van der Waals surface area contributed by atoms with Gasteiger partial charge in [-0.2, -0.15) is 0 Å². The molecule has 0 saturated carbocycles. The van der Waals surface area contributed by atoms with Crippen LogP contribution in [0.15, 0.2) is 30.3 Å². The van der Waals surface area contributed by atoms with Gasteiger partial charge < -0.3 is 4.74 Å². The van der Waals surface area contributed by atoms with E-state index in [-0.39, 0.29) is 5.78 Å². The Balaban J connectivity index is 2.51. The van der Waals surface area contributed by atoms with Gasteiger partial charge in [0.1, 0.15) is 5.75 Å². The smallest absolute Gasteiger partial charge is 0.193 e. The summed E-state index contributed by atoms with van der Waals surface area (Å²) < 4.78 is 5.33. The quantitative estimate of drug-likeness (QED) is 0.777. The zero-order chi connectivity index (χ0) is 14.9. The van der Waals surface area contributed by atoms with Crippen LogP contribution >= 0.6 is 11.6 Å². The number of aryl methyl sites for hydroxylation is 3. The minimum atomic E-state index is -0.0150. The molecule has 0 bridgehead atoms. The molecule has 0 N–H and O–H groups in total. The van der Waals surface area contributed by atoms with Gasteiger partial charge >= 0.3 is 0 Å². The molecule has 104 valence electrons. The Hall–Kier alpha value is -1.80. The second kappa shape index (κ2) is 5.68. The van der Waals surface area contributed by atoms with E-state index in [2.05, 4.69) is 0 Å². The summed E-state index contributed by atoms with van der Waals surface area (Å²) in [6, 6.07) is 9.08. The Bertz CT molecular complexity index is 652. The summed E-state index contributed by atoms with van der Waals surface area (Å²) in [6.45, 7) is 5.79. The van der Waals surface area contributed by atoms with Crippen molar-refractivity contribution in [3.8, 4) is 5.75 Å². The van der Waals surface area contributed by atoms with Gasteiger partial charge in [-0.1, -0.05) is 17.7 Å². The number of carbonyl (C=O) groups excluding carboxylic acids is 1. The van der Waals surface area contributed by atoms with E-state index in [1.807, 2.05) is 39.0 Å². The number of ether oxygens (including phenoxy) is 1. The van der Waals surface area contributed by atoms with Gasteiger partial charge in [0.15, 0.2) is 5.78 Å². The highest BCUT2D eigenvalue weighted by atomic mass is 35.5. The van der Waals surface area contributed by atoms with E-state index in [4.69, 9.17) is 16.3 Å². The highest BCUT2D eigenvalue weighted by molar-refractivity contribution is 6.31. The lowest BCUT2D eigenvalue weighted by Gasteiger charge is -2.12. The Kier molecular flexibility index (Phi) is 4.15. The van der Waals surface area contributed by atoms with Crippen LogP contribution in [0.2, 0.25) is 5.02 Å². The maximum absolute atomic E-state index is 12.6. The van der Waals surface area contributed by atoms with Crippen molar-refractivity contribution < 1.29 is 9.53 Å². The van der Waals surface area contributed by atoms with E-state index in [9.17, 15) is 4.79 Å². The highest BCUT2D eigenvalue weighted by Gasteiger charge is 2.15. The van der Waals surface area contributed by atoms with Gasteiger partial charge in [0.05, 0.1) is 7.11 Å². The van der Waals surface area contributed by atoms with Crippen molar-refractivity contribution in [1.82, 2.24) is 0 Å². The molecular formula is C17H17ClO2. The van der Waals surface area contributed by atoms with Crippen molar-refractivity contribution in [2.24, 2.45) is 0 Å². The third kappa shape index (κ3) is 2.70. The van der Waals surface area contributed by atoms with Crippen LogP contribution in [0.25, 0.3) is 0 Å². The van der Waals surface area contributed by atoms with Crippen LogP contribution < -0.4 is 4.74 Å². The first-order valence-corrected chi connectivity index (χ1v) is 6.78. The van der Waals surface area contributed by atoms with E-state index in [1.165, 1.54) is 0 Å². The molecule has 0 radical (unpaired) electrons. The van der Waals surface area contributed by atoms with Gasteiger partial charge in [-0.15, -0.1) is 0 Å². The van der Waals surface area contributed by atoms with Gasteiger partial charge in [-0.25, -0.2) is 0 Å². The lowest BCUT2D eigenvalue weighted by Crippen LogP contribution is -2.05. The second-order valence-corrected chi connectivity index (χ2v) is 5.37. The predicted molar refractivity (Wildman–Crippen MR) is 82.1 cm³/mol. The first-order chi connectivity index (χ1) is 9.43. The fourth-order valence-corrected chi connectivity index (χ4v) is 2.57. The van der Waals surface area contributed by atoms with E-state index in [0.29, 0.717) is 16.1 Å². The SMILES string of the molecule is COc1c(C)cc(C(=O)c2cc(Cl)ccc2C)cc1C. The Morgan fingerprint density at radius 3 is 2.15 bits per heavy atom. The molecule has 0 fully saturated rings. The highest BCUT2D eigenvalue weighted by Crippen LogP contribution is 2.26. The molecule has 0 aliphatic carbocycles. The molecule has 0 aliphatic heterocycles. The van der Waals surface area contributed by atoms with Crippen molar-refractivity contribution in [2.75, 3.05) is 7.11 Å². The van der Waals surface area contributed by atoms with Crippen LogP contribution in [0, 0.1) is 20.8 Å². The van der Waals surface area contributed by atoms with Crippen molar-refractivity contribution in [1.29, 1.82) is 0 Å². The van der Waals surface area contributed by atoms with Gasteiger partial charge in [-0.3, -0.25) is 4.79 Å². The molecule has 2 nitrogen and oxygen atoms in total. The number of rotatable bonds is 3. The summed E-state index contributed by atoms with van der Waals surface area (Å²) in [7, 11) is 1.64. The van der Waals surface area contributed by atoms with E-state index < -0.39 is 0 Å². The minimum absolute atomic E-state index is 0.0150. The van der Waals surface area contributed by atoms with E-state index >= 15 is 0 Å². The molecule has 2 aromatic rings. The molecule has 0 saturated heterocycles. The molecule has 0 aliphatic rings. The fraction of sp³-hybridized carbons (Fsp3) is 0.235. The molecule has 2 aromatic carbocycles. The summed E-state index contributed by atoms with van der Waals surface area (Å²) >= 11 is 5.99. The van der Waals surface area contributed by atoms with Crippen LogP contribution in [-0.2, 0) is 0 Å². The molecule has 0 unspecified atom stereocenters. The first kappa shape index (κ1) is 14.6. The van der Waals surface area contributed by atoms with Crippen molar-refractivity contribution in [3.05, 3.63) is 63.2 Å². The minimum Gasteiger partial charge on any atom is -0.496 e. The molecule has 3 heteroatoms. The number of halogens is 1. The number of benzene rings is 2. The third-order valence-corrected chi connectivity index (χ3v) is 3.61. The zero-order valence-corrected chi connectivity index (χ0v) is 12.8. The maximum Gasteiger partial charge on any atom is 0.193 e. The van der Waals surface area contributed by atoms with Gasteiger partial charge in [0, 0.05) is 16.1 Å². The molecule has 20 heavy (non-hydrogen) atoms. The predicted octanol–water partition coefficient (Wildman–Crippen LogP) is 4.50. The summed E-state index contributed by atoms with van der Waals surface area (Å²) in [5, 5.41) is 0.570. The molecule has 2 rings (SSSR count). The number of carbonyl (C=O) groups is 1. The van der Waals surface area contributed by atoms with Gasteiger partial charge in [0.25, 0.3) is 0 Å². The lowest BCUT2D eigenvalue weighted by atomic mass is 9.96. The maximum atomic E-state index is 12.6. The van der Waals surface area contributed by atoms with Gasteiger partial charge in [0.2, 0.25) is 0 Å². The van der Waals surface area contributed by atoms with Crippen LogP contribution in [0.1, 0.15) is 32.6 Å². The molecule has 0 aromatic heterocycles. The Morgan fingerprint density at radius 2 is 1.60 bits per heavy atom. The van der Waals surface area contributed by atoms with Crippen molar-refractivity contribution >= 4 is 17.4 Å².